The summed E-state index contributed by atoms with van der Waals surface area (Å²) in [5.41, 5.74) is 3.11. The number of nitrogens with zero attached hydrogens (tertiary/aromatic N) is 3. The van der Waals surface area contributed by atoms with Crippen LogP contribution in [0, 0.1) is 5.82 Å². The smallest absolute Gasteiger partial charge is 0.338 e. The van der Waals surface area contributed by atoms with Crippen LogP contribution in [0.2, 0.25) is 5.02 Å². The van der Waals surface area contributed by atoms with Crippen LogP contribution in [0.3, 0.4) is 0 Å². The Bertz CT molecular complexity index is 1470. The molecule has 4 aromatic rings. The third-order valence-corrected chi connectivity index (χ3v) is 6.20. The number of benzene rings is 3. The molecule has 0 fully saturated rings. The zero-order valence-corrected chi connectivity index (χ0v) is 20.7. The SMILES string of the molecule is COC(=O)C1=C(c2ccc(Cl)cc2)Nc2ncnn2[C@@H]1c1ccc(OCc2ccc(F)cc2)c(OC)c1. The lowest BCUT2D eigenvalue weighted by Crippen LogP contribution is -2.29. The molecule has 0 aliphatic carbocycles. The maximum atomic E-state index is 13.2. The van der Waals surface area contributed by atoms with Gasteiger partial charge in [-0.1, -0.05) is 41.9 Å². The maximum absolute atomic E-state index is 13.2. The molecular formula is C27H22ClFN4O4. The van der Waals surface area contributed by atoms with Crippen LogP contribution in [0.25, 0.3) is 5.70 Å². The van der Waals surface area contributed by atoms with Crippen molar-refractivity contribution in [3.63, 3.8) is 0 Å². The van der Waals surface area contributed by atoms with Crippen LogP contribution in [0.5, 0.6) is 11.5 Å². The number of hydrogen-bond donors (Lipinski definition) is 1. The molecule has 0 spiro atoms. The van der Waals surface area contributed by atoms with Crippen molar-refractivity contribution >= 4 is 29.2 Å². The molecule has 188 valence electrons. The van der Waals surface area contributed by atoms with Crippen molar-refractivity contribution in [1.29, 1.82) is 0 Å². The fourth-order valence-electron chi connectivity index (χ4n) is 4.16. The number of methoxy groups -OCH3 is 2. The quantitative estimate of drug-likeness (QED) is 0.333. The van der Waals surface area contributed by atoms with E-state index >= 15 is 0 Å². The van der Waals surface area contributed by atoms with E-state index in [9.17, 15) is 9.18 Å². The summed E-state index contributed by atoms with van der Waals surface area (Å²) in [7, 11) is 2.86. The van der Waals surface area contributed by atoms with Crippen LogP contribution in [-0.4, -0.2) is 35.0 Å². The highest BCUT2D eigenvalue weighted by Crippen LogP contribution is 2.41. The molecule has 0 radical (unpaired) electrons. The van der Waals surface area contributed by atoms with E-state index < -0.39 is 12.0 Å². The number of nitrogens with one attached hydrogen (secondary N) is 1. The first-order valence-electron chi connectivity index (χ1n) is 11.3. The highest BCUT2D eigenvalue weighted by atomic mass is 35.5. The fraction of sp³-hybridized carbons (Fsp3) is 0.148. The molecule has 0 unspecified atom stereocenters. The van der Waals surface area contributed by atoms with Gasteiger partial charge in [-0.3, -0.25) is 0 Å². The van der Waals surface area contributed by atoms with Crippen molar-refractivity contribution in [2.24, 2.45) is 0 Å². The first-order valence-corrected chi connectivity index (χ1v) is 11.7. The largest absolute Gasteiger partial charge is 0.493 e. The summed E-state index contributed by atoms with van der Waals surface area (Å²) in [6.07, 6.45) is 1.41. The van der Waals surface area contributed by atoms with E-state index in [1.807, 2.05) is 18.2 Å². The van der Waals surface area contributed by atoms with E-state index in [-0.39, 0.29) is 12.4 Å². The lowest BCUT2D eigenvalue weighted by molar-refractivity contribution is -0.136. The molecule has 8 nitrogen and oxygen atoms in total. The normalized spacial score (nSPS) is 14.5. The summed E-state index contributed by atoms with van der Waals surface area (Å²) in [5.74, 6) is 0.562. The average molecular weight is 521 g/mol. The first-order chi connectivity index (χ1) is 18.0. The van der Waals surface area contributed by atoms with Crippen LogP contribution < -0.4 is 14.8 Å². The minimum Gasteiger partial charge on any atom is -0.493 e. The van der Waals surface area contributed by atoms with E-state index in [0.717, 1.165) is 11.1 Å². The summed E-state index contributed by atoms with van der Waals surface area (Å²) < 4.78 is 31.6. The van der Waals surface area contributed by atoms with Gasteiger partial charge in [0.05, 0.1) is 25.5 Å². The van der Waals surface area contributed by atoms with Crippen molar-refractivity contribution in [3.8, 4) is 11.5 Å². The van der Waals surface area contributed by atoms with Gasteiger partial charge in [0.15, 0.2) is 11.5 Å². The molecule has 0 amide bonds. The number of ether oxygens (including phenoxy) is 3. The number of esters is 1. The van der Waals surface area contributed by atoms with Gasteiger partial charge in [0, 0.05) is 5.02 Å². The van der Waals surface area contributed by atoms with Crippen LogP contribution >= 0.6 is 11.6 Å². The molecule has 0 saturated carbocycles. The summed E-state index contributed by atoms with van der Waals surface area (Å²) in [5, 5.41) is 8.13. The molecule has 1 N–H and O–H groups in total. The summed E-state index contributed by atoms with van der Waals surface area (Å²) in [6.45, 7) is 0.227. The summed E-state index contributed by atoms with van der Waals surface area (Å²) >= 11 is 6.09. The Morgan fingerprint density at radius 3 is 2.51 bits per heavy atom. The Balaban J connectivity index is 1.56. The first kappa shape index (κ1) is 24.3. The molecule has 5 rings (SSSR count). The second-order valence-corrected chi connectivity index (χ2v) is 8.60. The molecule has 3 aromatic carbocycles. The van der Waals surface area contributed by atoms with Gasteiger partial charge >= 0.3 is 5.97 Å². The highest BCUT2D eigenvalue weighted by Gasteiger charge is 2.36. The minimum atomic E-state index is -0.670. The molecule has 1 aliphatic rings. The minimum absolute atomic E-state index is 0.227. The third kappa shape index (κ3) is 4.85. The van der Waals surface area contributed by atoms with Crippen molar-refractivity contribution < 1.29 is 23.4 Å². The number of hydrogen-bond acceptors (Lipinski definition) is 7. The van der Waals surface area contributed by atoms with Gasteiger partial charge in [-0.05, 0) is 53.1 Å². The van der Waals surface area contributed by atoms with Crippen molar-refractivity contribution in [3.05, 3.63) is 106 Å². The molecule has 1 aliphatic heterocycles. The van der Waals surface area contributed by atoms with Crippen LogP contribution in [-0.2, 0) is 16.1 Å². The molecular weight excluding hydrogens is 499 g/mol. The van der Waals surface area contributed by atoms with Gasteiger partial charge < -0.3 is 19.5 Å². The number of anilines is 1. The van der Waals surface area contributed by atoms with Crippen molar-refractivity contribution in [2.45, 2.75) is 12.6 Å². The lowest BCUT2D eigenvalue weighted by atomic mass is 9.92. The van der Waals surface area contributed by atoms with Gasteiger partial charge in [0.2, 0.25) is 5.95 Å². The maximum Gasteiger partial charge on any atom is 0.338 e. The fourth-order valence-corrected chi connectivity index (χ4v) is 4.28. The van der Waals surface area contributed by atoms with Gasteiger partial charge in [0.25, 0.3) is 0 Å². The zero-order valence-electron chi connectivity index (χ0n) is 19.9. The lowest BCUT2D eigenvalue weighted by Gasteiger charge is -2.29. The third-order valence-electron chi connectivity index (χ3n) is 5.95. The number of fused-ring (bicyclic) bond motifs is 1. The van der Waals surface area contributed by atoms with Crippen molar-refractivity contribution in [1.82, 2.24) is 14.8 Å². The molecule has 0 bridgehead atoms. The number of aromatic nitrogens is 3. The molecule has 0 saturated heterocycles. The van der Waals surface area contributed by atoms with Gasteiger partial charge in [-0.25, -0.2) is 13.9 Å². The van der Waals surface area contributed by atoms with E-state index in [1.54, 1.807) is 41.1 Å². The Labute approximate surface area is 217 Å². The molecule has 37 heavy (non-hydrogen) atoms. The molecule has 1 aromatic heterocycles. The Morgan fingerprint density at radius 2 is 1.81 bits per heavy atom. The molecule has 1 atom stereocenters. The van der Waals surface area contributed by atoms with Gasteiger partial charge in [0.1, 0.15) is 24.8 Å². The van der Waals surface area contributed by atoms with Crippen LogP contribution in [0.15, 0.2) is 78.6 Å². The molecule has 10 heteroatoms. The highest BCUT2D eigenvalue weighted by molar-refractivity contribution is 6.30. The monoisotopic (exact) mass is 520 g/mol. The zero-order chi connectivity index (χ0) is 25.9. The standard InChI is InChI=1S/C27H22ClFN4O4/c1-35-22-13-18(7-12-21(22)37-14-16-3-10-20(29)11-4-16)25-23(26(34)36-2)24(17-5-8-19(28)9-6-17)32-27-30-15-31-33(25)27/h3-13,15,25H,14H2,1-2H3,(H,30,31,32)/t25-/m1/s1. The topological polar surface area (TPSA) is 87.5 Å². The van der Waals surface area contributed by atoms with E-state index in [1.165, 1.54) is 32.7 Å². The van der Waals surface area contributed by atoms with E-state index in [4.69, 9.17) is 25.8 Å². The summed E-state index contributed by atoms with van der Waals surface area (Å²) in [6, 6.07) is 17.9. The van der Waals surface area contributed by atoms with Crippen molar-refractivity contribution in [2.75, 3.05) is 19.5 Å². The van der Waals surface area contributed by atoms with E-state index in [0.29, 0.717) is 39.3 Å². The van der Waals surface area contributed by atoms with Gasteiger partial charge in [-0.15, -0.1) is 0 Å². The predicted molar refractivity (Wildman–Crippen MR) is 136 cm³/mol. The molecule has 2 heterocycles. The summed E-state index contributed by atoms with van der Waals surface area (Å²) in [4.78, 5) is 17.5. The Kier molecular flexibility index (Phi) is 6.78. The van der Waals surface area contributed by atoms with Crippen LogP contribution in [0.4, 0.5) is 10.3 Å². The Hall–Kier alpha value is -4.37. The number of carbonyl (C=O) groups is 1. The predicted octanol–water partition coefficient (Wildman–Crippen LogP) is 5.26. The number of rotatable bonds is 7. The average Bonchev–Trinajstić information content (AvgIpc) is 3.40. The van der Waals surface area contributed by atoms with Gasteiger partial charge in [-0.2, -0.15) is 10.1 Å². The second kappa shape index (κ2) is 10.3. The number of halogens is 2. The second-order valence-electron chi connectivity index (χ2n) is 8.17. The van der Waals surface area contributed by atoms with E-state index in [2.05, 4.69) is 15.4 Å². The number of carbonyl (C=O) groups excluding carboxylic acids is 1. The van der Waals surface area contributed by atoms with Crippen LogP contribution in [0.1, 0.15) is 22.7 Å². The Morgan fingerprint density at radius 1 is 1.05 bits per heavy atom.